The number of fused-ring (bicyclic) bond motifs is 1. The first kappa shape index (κ1) is 19.2. The van der Waals surface area contributed by atoms with Crippen molar-refractivity contribution >= 4 is 29.2 Å². The molecule has 0 spiro atoms. The minimum absolute atomic E-state index is 0.0487. The molecule has 3 rings (SSSR count). The molecule has 142 valence electrons. The van der Waals surface area contributed by atoms with Crippen molar-refractivity contribution in [1.82, 2.24) is 0 Å². The fourth-order valence-corrected chi connectivity index (χ4v) is 3.95. The van der Waals surface area contributed by atoms with E-state index in [9.17, 15) is 9.59 Å². The van der Waals surface area contributed by atoms with E-state index in [1.165, 1.54) is 0 Å². The van der Waals surface area contributed by atoms with Gasteiger partial charge in [0, 0.05) is 34.7 Å². The summed E-state index contributed by atoms with van der Waals surface area (Å²) < 4.78 is 5.34. The third-order valence-electron chi connectivity index (χ3n) is 5.09. The van der Waals surface area contributed by atoms with Gasteiger partial charge in [-0.05, 0) is 60.9 Å². The van der Waals surface area contributed by atoms with Gasteiger partial charge in [-0.1, -0.05) is 18.5 Å². The maximum atomic E-state index is 13.3. The van der Waals surface area contributed by atoms with Crippen LogP contribution in [0.4, 0.5) is 5.69 Å². The number of hydrogen-bond donors (Lipinski definition) is 1. The number of amides is 1. The molecule has 1 heterocycles. The molecule has 2 aromatic rings. The summed E-state index contributed by atoms with van der Waals surface area (Å²) in [5.41, 5.74) is 2.33. The largest absolute Gasteiger partial charge is 0.497 e. The van der Waals surface area contributed by atoms with Crippen LogP contribution in [0.15, 0.2) is 42.5 Å². The lowest BCUT2D eigenvalue weighted by atomic mass is 9.89. The van der Waals surface area contributed by atoms with Gasteiger partial charge < -0.3 is 14.7 Å². The first-order valence-corrected chi connectivity index (χ1v) is 9.33. The van der Waals surface area contributed by atoms with E-state index in [2.05, 4.69) is 0 Å². The highest BCUT2D eigenvalue weighted by molar-refractivity contribution is 6.30. The predicted molar refractivity (Wildman–Crippen MR) is 105 cm³/mol. The van der Waals surface area contributed by atoms with Crippen LogP contribution in [0.3, 0.4) is 0 Å². The van der Waals surface area contributed by atoms with Gasteiger partial charge in [0.1, 0.15) is 5.75 Å². The van der Waals surface area contributed by atoms with Crippen LogP contribution in [0.25, 0.3) is 0 Å². The van der Waals surface area contributed by atoms with Gasteiger partial charge >= 0.3 is 5.97 Å². The predicted octanol–water partition coefficient (Wildman–Crippen LogP) is 4.74. The summed E-state index contributed by atoms with van der Waals surface area (Å²) in [6, 6.07) is 12.3. The molecule has 2 atom stereocenters. The van der Waals surface area contributed by atoms with Gasteiger partial charge in [0.15, 0.2) is 0 Å². The highest BCUT2D eigenvalue weighted by Gasteiger charge is 2.41. The average molecular weight is 388 g/mol. The molecule has 27 heavy (non-hydrogen) atoms. The van der Waals surface area contributed by atoms with E-state index < -0.39 is 5.97 Å². The Hall–Kier alpha value is -2.53. The van der Waals surface area contributed by atoms with Crippen molar-refractivity contribution in [3.63, 3.8) is 0 Å². The Balaban J connectivity index is 2.03. The van der Waals surface area contributed by atoms with Crippen molar-refractivity contribution in [1.29, 1.82) is 0 Å². The topological polar surface area (TPSA) is 66.8 Å². The van der Waals surface area contributed by atoms with E-state index in [1.54, 1.807) is 36.3 Å². The van der Waals surface area contributed by atoms with Crippen LogP contribution in [-0.4, -0.2) is 30.1 Å². The molecule has 5 nitrogen and oxygen atoms in total. The van der Waals surface area contributed by atoms with Crippen molar-refractivity contribution < 1.29 is 19.4 Å². The van der Waals surface area contributed by atoms with Crippen LogP contribution in [0, 0.1) is 0 Å². The van der Waals surface area contributed by atoms with E-state index in [1.807, 2.05) is 25.1 Å². The number of halogens is 1. The Morgan fingerprint density at radius 1 is 1.19 bits per heavy atom. The number of methoxy groups -OCH3 is 1. The van der Waals surface area contributed by atoms with E-state index in [-0.39, 0.29) is 24.3 Å². The van der Waals surface area contributed by atoms with Crippen molar-refractivity contribution in [2.45, 2.75) is 38.1 Å². The number of carboxylic acids is 1. The molecule has 0 aliphatic carbocycles. The number of anilines is 1. The SMILES string of the molecule is CCC1C(CCC(=O)O)c2cc(OC)ccc2N1C(=O)c1ccc(Cl)cc1. The first-order valence-electron chi connectivity index (χ1n) is 8.95. The third kappa shape index (κ3) is 3.78. The Bertz CT molecular complexity index is 850. The number of hydrogen-bond acceptors (Lipinski definition) is 3. The normalized spacial score (nSPS) is 18.3. The summed E-state index contributed by atoms with van der Waals surface area (Å²) in [6.07, 6.45) is 1.25. The smallest absolute Gasteiger partial charge is 0.303 e. The van der Waals surface area contributed by atoms with Crippen LogP contribution in [0.1, 0.15) is 48.0 Å². The molecule has 0 aromatic heterocycles. The monoisotopic (exact) mass is 387 g/mol. The summed E-state index contributed by atoms with van der Waals surface area (Å²) in [6.45, 7) is 2.02. The molecule has 1 aliphatic rings. The van der Waals surface area contributed by atoms with Gasteiger partial charge in [0.2, 0.25) is 0 Å². The zero-order valence-electron chi connectivity index (χ0n) is 15.3. The molecule has 1 aliphatic heterocycles. The van der Waals surface area contributed by atoms with Crippen LogP contribution < -0.4 is 9.64 Å². The molecule has 0 radical (unpaired) electrons. The molecule has 1 N–H and O–H groups in total. The zero-order chi connectivity index (χ0) is 19.6. The Labute approximate surface area is 163 Å². The second-order valence-corrected chi connectivity index (χ2v) is 7.06. The Kier molecular flexibility index (Phi) is 5.71. The molecule has 0 fully saturated rings. The quantitative estimate of drug-likeness (QED) is 0.777. The molecule has 2 aromatic carbocycles. The fourth-order valence-electron chi connectivity index (χ4n) is 3.83. The number of carbonyl (C=O) groups is 2. The summed E-state index contributed by atoms with van der Waals surface area (Å²) in [7, 11) is 1.59. The number of benzene rings is 2. The maximum Gasteiger partial charge on any atom is 0.303 e. The highest BCUT2D eigenvalue weighted by Crippen LogP contribution is 2.46. The number of aliphatic carboxylic acids is 1. The number of carbonyl (C=O) groups excluding carboxylic acids is 1. The third-order valence-corrected chi connectivity index (χ3v) is 5.34. The zero-order valence-corrected chi connectivity index (χ0v) is 16.1. The maximum absolute atomic E-state index is 13.3. The van der Waals surface area contributed by atoms with Crippen LogP contribution in [0.5, 0.6) is 5.75 Å². The van der Waals surface area contributed by atoms with E-state index in [0.29, 0.717) is 22.8 Å². The minimum Gasteiger partial charge on any atom is -0.497 e. The van der Waals surface area contributed by atoms with Gasteiger partial charge in [-0.25, -0.2) is 0 Å². The average Bonchev–Trinajstić information content (AvgIpc) is 2.98. The van der Waals surface area contributed by atoms with Crippen LogP contribution >= 0.6 is 11.6 Å². The molecule has 6 heteroatoms. The minimum atomic E-state index is -0.836. The van der Waals surface area contributed by atoms with Gasteiger partial charge in [-0.15, -0.1) is 0 Å². The molecule has 0 saturated heterocycles. The van der Waals surface area contributed by atoms with Crippen molar-refractivity contribution in [3.8, 4) is 5.75 Å². The summed E-state index contributed by atoms with van der Waals surface area (Å²) in [4.78, 5) is 26.2. The van der Waals surface area contributed by atoms with Crippen molar-refractivity contribution in [2.24, 2.45) is 0 Å². The lowest BCUT2D eigenvalue weighted by Gasteiger charge is -2.28. The highest BCUT2D eigenvalue weighted by atomic mass is 35.5. The first-order chi connectivity index (χ1) is 13.0. The van der Waals surface area contributed by atoms with Crippen molar-refractivity contribution in [2.75, 3.05) is 12.0 Å². The lowest BCUT2D eigenvalue weighted by Crippen LogP contribution is -2.39. The molecular formula is C21H22ClNO4. The summed E-state index contributed by atoms with van der Waals surface area (Å²) in [5, 5.41) is 9.72. The van der Waals surface area contributed by atoms with Crippen LogP contribution in [-0.2, 0) is 4.79 Å². The van der Waals surface area contributed by atoms with E-state index in [4.69, 9.17) is 21.4 Å². The summed E-state index contributed by atoms with van der Waals surface area (Å²) in [5.74, 6) is -0.295. The number of rotatable bonds is 6. The van der Waals surface area contributed by atoms with Gasteiger partial charge in [-0.3, -0.25) is 9.59 Å². The molecule has 0 saturated carbocycles. The van der Waals surface area contributed by atoms with Crippen LogP contribution in [0.2, 0.25) is 5.02 Å². The second-order valence-electron chi connectivity index (χ2n) is 6.62. The second kappa shape index (κ2) is 8.01. The van der Waals surface area contributed by atoms with E-state index >= 15 is 0 Å². The Morgan fingerprint density at radius 3 is 2.48 bits per heavy atom. The number of ether oxygens (including phenoxy) is 1. The van der Waals surface area contributed by atoms with Crippen molar-refractivity contribution in [3.05, 3.63) is 58.6 Å². The number of nitrogens with zero attached hydrogens (tertiary/aromatic N) is 1. The standard InChI is InChI=1S/C21H22ClNO4/c1-3-18-16(9-11-20(24)25)17-12-15(27-2)8-10-19(17)23(18)21(26)13-4-6-14(22)7-5-13/h4-8,10,12,16,18H,3,9,11H2,1-2H3,(H,24,25). The Morgan fingerprint density at radius 2 is 1.89 bits per heavy atom. The lowest BCUT2D eigenvalue weighted by molar-refractivity contribution is -0.137. The number of carboxylic acid groups (broad SMARTS) is 1. The van der Waals surface area contributed by atoms with Gasteiger partial charge in [0.05, 0.1) is 7.11 Å². The molecule has 0 bridgehead atoms. The van der Waals surface area contributed by atoms with E-state index in [0.717, 1.165) is 17.7 Å². The van der Waals surface area contributed by atoms with Gasteiger partial charge in [-0.2, -0.15) is 0 Å². The molecule has 2 unspecified atom stereocenters. The molecule has 1 amide bonds. The molecular weight excluding hydrogens is 366 g/mol. The fraction of sp³-hybridized carbons (Fsp3) is 0.333. The van der Waals surface area contributed by atoms with Gasteiger partial charge in [0.25, 0.3) is 5.91 Å². The summed E-state index contributed by atoms with van der Waals surface area (Å²) >= 11 is 5.95.